The minimum absolute atomic E-state index is 0.0220. The van der Waals surface area contributed by atoms with Gasteiger partial charge in [0.2, 0.25) is 35.4 Å². The van der Waals surface area contributed by atoms with Crippen molar-refractivity contribution in [2.24, 2.45) is 5.73 Å². The van der Waals surface area contributed by atoms with Gasteiger partial charge in [0.15, 0.2) is 0 Å². The zero-order valence-corrected chi connectivity index (χ0v) is 48.1. The van der Waals surface area contributed by atoms with Crippen molar-refractivity contribution in [2.45, 2.75) is 171 Å². The van der Waals surface area contributed by atoms with Gasteiger partial charge in [-0.05, 0) is 162 Å². The van der Waals surface area contributed by atoms with Gasteiger partial charge in [0.1, 0.15) is 47.8 Å². The second-order valence-electron chi connectivity index (χ2n) is 21.5. The second-order valence-corrected chi connectivity index (χ2v) is 22.9. The average molecular weight is 1160 g/mol. The number of phenols is 1. The minimum Gasteiger partial charge on any atom is -0.508 e. The Morgan fingerprint density at radius 3 is 2.04 bits per heavy atom. The predicted octanol–water partition coefficient (Wildman–Crippen LogP) is 4.72. The van der Waals surface area contributed by atoms with E-state index >= 15 is 0 Å². The molecule has 3 aliphatic rings. The number of hydrogen-bond donors (Lipinski definition) is 9. The number of carbonyl (C=O) groups is 7. The number of benzene rings is 4. The SMILES string of the molecule is CCCCCCCOc1ccc2cc(C(=O)N[C@H]3CCCNC(=O)[C@@H]4CCCN4C(=O)[C@H](CCCCN)NC(=O)[C@H](CCc4ccc(O)cc4)NC(=O)[C@@H]4CCCN4C(=O)[C@H]([C@@H](C)O)NC3=O)ccc2c1.Cc1ccc(S(=O)(=O)O)cc1. The molecule has 10 N–H and O–H groups in total. The summed E-state index contributed by atoms with van der Waals surface area (Å²) in [6.07, 6.45) is 7.74. The van der Waals surface area contributed by atoms with Gasteiger partial charge < -0.3 is 57.1 Å². The summed E-state index contributed by atoms with van der Waals surface area (Å²) in [5.41, 5.74) is 7.82. The van der Waals surface area contributed by atoms with Crippen LogP contribution >= 0.6 is 0 Å². The van der Waals surface area contributed by atoms with Crippen molar-refractivity contribution in [1.29, 1.82) is 0 Å². The molecule has 3 aliphatic heterocycles. The van der Waals surface area contributed by atoms with Crippen molar-refractivity contribution in [3.8, 4) is 11.5 Å². The van der Waals surface area contributed by atoms with E-state index in [1.54, 1.807) is 42.5 Å². The van der Waals surface area contributed by atoms with Gasteiger partial charge in [0.05, 0.1) is 17.6 Å². The molecular weight excluding hydrogens is 1070 g/mol. The lowest BCUT2D eigenvalue weighted by atomic mass is 10.0. The molecule has 4 aromatic carbocycles. The van der Waals surface area contributed by atoms with Crippen LogP contribution in [0.25, 0.3) is 10.8 Å². The van der Waals surface area contributed by atoms with Gasteiger partial charge in [-0.25, -0.2) is 0 Å². The average Bonchev–Trinajstić information content (AvgIpc) is 4.35. The number of carbonyl (C=O) groups excluding carboxylic acids is 7. The highest BCUT2D eigenvalue weighted by Gasteiger charge is 2.42. The Hall–Kier alpha value is -7.14. The number of amides is 7. The molecule has 3 fully saturated rings. The number of aliphatic hydroxyl groups is 1. The van der Waals surface area contributed by atoms with Gasteiger partial charge in [-0.2, -0.15) is 8.42 Å². The van der Waals surface area contributed by atoms with Crippen LogP contribution in [0.15, 0.2) is 89.8 Å². The van der Waals surface area contributed by atoms with Crippen molar-refractivity contribution in [1.82, 2.24) is 36.4 Å². The normalized spacial score (nSPS) is 21.8. The van der Waals surface area contributed by atoms with Gasteiger partial charge in [-0.1, -0.05) is 74.6 Å². The summed E-state index contributed by atoms with van der Waals surface area (Å²) < 4.78 is 35.5. The Morgan fingerprint density at radius 1 is 0.720 bits per heavy atom. The molecule has 446 valence electrons. The summed E-state index contributed by atoms with van der Waals surface area (Å²) in [5.74, 6) is -3.35. The van der Waals surface area contributed by atoms with E-state index in [1.165, 1.54) is 60.3 Å². The molecule has 3 saturated heterocycles. The van der Waals surface area contributed by atoms with Gasteiger partial charge in [-0.3, -0.25) is 38.1 Å². The third kappa shape index (κ3) is 18.7. The maximum absolute atomic E-state index is 14.4. The molecule has 82 heavy (non-hydrogen) atoms. The van der Waals surface area contributed by atoms with Crippen molar-refractivity contribution >= 4 is 62.2 Å². The van der Waals surface area contributed by atoms with E-state index in [-0.39, 0.29) is 67.9 Å². The largest absolute Gasteiger partial charge is 0.508 e. The summed E-state index contributed by atoms with van der Waals surface area (Å²) in [6, 6.07) is 16.4. The molecule has 0 spiro atoms. The fraction of sp³-hybridized carbons (Fsp3) is 0.517. The number of phenolic OH excluding ortho intramolecular Hbond substituents is 1. The fourth-order valence-corrected chi connectivity index (χ4v) is 10.8. The first kappa shape index (κ1) is 64.0. The monoisotopic (exact) mass is 1150 g/mol. The molecule has 0 radical (unpaired) electrons. The molecule has 4 aromatic rings. The van der Waals surface area contributed by atoms with Gasteiger partial charge >= 0.3 is 0 Å². The standard InChI is InChI=1S/C53H74N8O10.C7H8O3S/c1-3-4-5-6-9-31-71-40-25-22-36-32-38(21-20-37(36)33-40)47(64)56-41-14-10-28-55-50(67)44-15-11-29-60(44)52(69)43(13-7-8-27-54)58-48(65)42(26-19-35-17-23-39(63)24-18-35)57-51(68)45-16-12-30-61(45)53(70)46(34(2)62)59-49(41)66;1-6-2-4-7(5-3-6)11(8,9)10/h17-18,20-25,32-34,41-46,62-63H,3-16,19,26-31,54H2,1-2H3,(H,55,67)(H,56,64)(H,57,68)(H,58,65)(H,59,66);2-5H,1H3,(H,8,9,10)/t34-,41+,42+,43+,44+,45+,46+;/m1./s1. The Kier molecular flexibility index (Phi) is 24.5. The van der Waals surface area contributed by atoms with Crippen molar-refractivity contribution < 1.29 is 61.5 Å². The molecule has 0 saturated carbocycles. The van der Waals surface area contributed by atoms with Crippen LogP contribution in [0.1, 0.15) is 132 Å². The molecular formula is C60H82N8O13S. The molecule has 21 nitrogen and oxygen atoms in total. The molecule has 3 heterocycles. The number of aryl methyl sites for hydroxylation is 2. The smallest absolute Gasteiger partial charge is 0.294 e. The highest BCUT2D eigenvalue weighted by Crippen LogP contribution is 2.25. The minimum atomic E-state index is -4.02. The number of fused-ring (bicyclic) bond motifs is 3. The molecule has 22 heteroatoms. The van der Waals surface area contributed by atoms with Crippen LogP contribution in [-0.4, -0.2) is 149 Å². The van der Waals surface area contributed by atoms with E-state index in [1.807, 2.05) is 25.1 Å². The Bertz CT molecular complexity index is 2920. The van der Waals surface area contributed by atoms with Crippen molar-refractivity contribution in [3.63, 3.8) is 0 Å². The van der Waals surface area contributed by atoms with Crippen LogP contribution < -0.4 is 37.1 Å². The summed E-state index contributed by atoms with van der Waals surface area (Å²) in [4.78, 5) is 102. The van der Waals surface area contributed by atoms with Crippen molar-refractivity contribution in [3.05, 3.63) is 102 Å². The molecule has 7 atom stereocenters. The number of nitrogens with two attached hydrogens (primary N) is 1. The van der Waals surface area contributed by atoms with Gasteiger partial charge in [0, 0.05) is 25.2 Å². The summed E-state index contributed by atoms with van der Waals surface area (Å²) in [5, 5.41) is 36.7. The van der Waals surface area contributed by atoms with Crippen LogP contribution in [-0.2, 0) is 45.3 Å². The maximum Gasteiger partial charge on any atom is 0.294 e. The number of aliphatic hydroxyl groups excluding tert-OH is 1. The Balaban J connectivity index is 0.000000878. The Morgan fingerprint density at radius 2 is 1.37 bits per heavy atom. The van der Waals surface area contributed by atoms with Crippen LogP contribution in [0.5, 0.6) is 11.5 Å². The van der Waals surface area contributed by atoms with E-state index in [2.05, 4.69) is 33.5 Å². The van der Waals surface area contributed by atoms with E-state index in [9.17, 15) is 52.2 Å². The van der Waals surface area contributed by atoms with Crippen LogP contribution in [0.3, 0.4) is 0 Å². The summed E-state index contributed by atoms with van der Waals surface area (Å²) in [6.45, 7) is 6.84. The topological polar surface area (TPSA) is 316 Å². The third-order valence-electron chi connectivity index (χ3n) is 15.1. The zero-order chi connectivity index (χ0) is 59.3. The highest BCUT2D eigenvalue weighted by molar-refractivity contribution is 7.85. The number of ether oxygens (including phenoxy) is 1. The summed E-state index contributed by atoms with van der Waals surface area (Å²) in [7, 11) is -4.02. The van der Waals surface area contributed by atoms with Gasteiger partial charge in [0.25, 0.3) is 16.0 Å². The molecule has 0 aliphatic carbocycles. The van der Waals surface area contributed by atoms with Crippen molar-refractivity contribution in [2.75, 3.05) is 32.8 Å². The number of nitrogens with zero attached hydrogens (tertiary/aromatic N) is 2. The van der Waals surface area contributed by atoms with E-state index < -0.39 is 93.8 Å². The van der Waals surface area contributed by atoms with E-state index in [0.29, 0.717) is 51.7 Å². The molecule has 0 bridgehead atoms. The van der Waals surface area contributed by atoms with Gasteiger partial charge in [-0.15, -0.1) is 0 Å². The maximum atomic E-state index is 14.4. The quantitative estimate of drug-likeness (QED) is 0.0481. The highest BCUT2D eigenvalue weighted by atomic mass is 32.2. The lowest BCUT2D eigenvalue weighted by Gasteiger charge is -2.32. The van der Waals surface area contributed by atoms with E-state index in [0.717, 1.165) is 40.5 Å². The first-order valence-corrected chi connectivity index (χ1v) is 30.2. The zero-order valence-electron chi connectivity index (χ0n) is 47.3. The number of unbranched alkanes of at least 4 members (excludes halogenated alkanes) is 5. The number of aromatic hydroxyl groups is 1. The lowest BCUT2D eigenvalue weighted by molar-refractivity contribution is -0.144. The Labute approximate surface area is 480 Å². The second kappa shape index (κ2) is 31.3. The number of rotatable bonds is 18. The number of hydrogen-bond acceptors (Lipinski definition) is 13. The lowest BCUT2D eigenvalue weighted by Crippen LogP contribution is -2.61. The molecule has 7 amide bonds. The summed E-state index contributed by atoms with van der Waals surface area (Å²) >= 11 is 0. The van der Waals surface area contributed by atoms with E-state index in [4.69, 9.17) is 15.0 Å². The predicted molar refractivity (Wildman–Crippen MR) is 309 cm³/mol. The first-order valence-electron chi connectivity index (χ1n) is 28.7. The number of nitrogens with one attached hydrogen (secondary N) is 5. The van der Waals surface area contributed by atoms with Crippen LogP contribution in [0.4, 0.5) is 0 Å². The molecule has 7 rings (SSSR count). The molecule has 0 aromatic heterocycles. The van der Waals surface area contributed by atoms with Crippen LogP contribution in [0.2, 0.25) is 0 Å². The first-order chi connectivity index (χ1) is 39.3. The fourth-order valence-electron chi connectivity index (χ4n) is 10.4. The van der Waals surface area contributed by atoms with Crippen LogP contribution in [0, 0.1) is 6.92 Å². The molecule has 0 unspecified atom stereocenters. The third-order valence-corrected chi connectivity index (χ3v) is 15.9.